The molecule has 0 fully saturated rings. The van der Waals surface area contributed by atoms with Gasteiger partial charge in [0.15, 0.2) is 11.5 Å². The lowest BCUT2D eigenvalue weighted by atomic mass is 10.0. The summed E-state index contributed by atoms with van der Waals surface area (Å²) in [7, 11) is 0. The largest absolute Gasteiger partial charge is 0.504 e. The zero-order valence-electron chi connectivity index (χ0n) is 18.1. The van der Waals surface area contributed by atoms with Crippen molar-refractivity contribution < 1.29 is 24.9 Å². The molecule has 0 heterocycles. The quantitative estimate of drug-likeness (QED) is 0.112. The smallest absolute Gasteiger partial charge is 0.311 e. The van der Waals surface area contributed by atoms with Gasteiger partial charge >= 0.3 is 5.97 Å². The summed E-state index contributed by atoms with van der Waals surface area (Å²) in [5, 5.41) is 28.1. The molecule has 0 aliphatic heterocycles. The molecule has 29 heavy (non-hydrogen) atoms. The number of rotatable bonds is 17. The van der Waals surface area contributed by atoms with Gasteiger partial charge in [-0.2, -0.15) is 0 Å². The predicted octanol–water partition coefficient (Wildman–Crippen LogP) is 6.97. The highest BCUT2D eigenvalue weighted by Gasteiger charge is 2.11. The number of carbonyl (C=O) groups is 1. The van der Waals surface area contributed by atoms with Crippen LogP contribution in [-0.4, -0.2) is 21.3 Å². The zero-order chi connectivity index (χ0) is 21.3. The number of hydrogen-bond donors (Lipinski definition) is 3. The molecule has 5 heteroatoms. The number of ether oxygens (including phenoxy) is 1. The van der Waals surface area contributed by atoms with E-state index in [9.17, 15) is 20.1 Å². The van der Waals surface area contributed by atoms with Gasteiger partial charge < -0.3 is 20.1 Å². The van der Waals surface area contributed by atoms with Gasteiger partial charge in [-0.3, -0.25) is 4.79 Å². The fraction of sp³-hybridized carbons (Fsp3) is 0.708. The summed E-state index contributed by atoms with van der Waals surface area (Å²) >= 11 is 0. The minimum absolute atomic E-state index is 0.0313. The average molecular weight is 409 g/mol. The molecular weight excluding hydrogens is 368 g/mol. The summed E-state index contributed by atoms with van der Waals surface area (Å²) in [6.45, 7) is 2.26. The second kappa shape index (κ2) is 15.9. The molecule has 166 valence electrons. The van der Waals surface area contributed by atoms with E-state index in [2.05, 4.69) is 6.92 Å². The molecule has 3 N–H and O–H groups in total. The van der Waals surface area contributed by atoms with Crippen LogP contribution in [0, 0.1) is 0 Å². The summed E-state index contributed by atoms with van der Waals surface area (Å²) < 4.78 is 5.08. The maximum Gasteiger partial charge on any atom is 0.311 e. The molecule has 0 aliphatic rings. The van der Waals surface area contributed by atoms with Crippen LogP contribution >= 0.6 is 0 Å². The molecular formula is C24H40O5. The van der Waals surface area contributed by atoms with E-state index in [0.717, 1.165) is 31.4 Å². The third kappa shape index (κ3) is 12.3. The maximum absolute atomic E-state index is 11.8. The van der Waals surface area contributed by atoms with Gasteiger partial charge in [0.1, 0.15) is 5.75 Å². The fourth-order valence-electron chi connectivity index (χ4n) is 3.46. The van der Waals surface area contributed by atoms with Gasteiger partial charge in [0.2, 0.25) is 5.75 Å². The predicted molar refractivity (Wildman–Crippen MR) is 117 cm³/mol. The van der Waals surface area contributed by atoms with Gasteiger partial charge in [-0.1, -0.05) is 96.8 Å². The molecule has 0 saturated carbocycles. The van der Waals surface area contributed by atoms with E-state index in [1.165, 1.54) is 77.0 Å². The second-order valence-electron chi connectivity index (χ2n) is 7.98. The monoisotopic (exact) mass is 408 g/mol. The summed E-state index contributed by atoms with van der Waals surface area (Å²) in [4.78, 5) is 11.8. The Morgan fingerprint density at radius 3 is 1.48 bits per heavy atom. The first kappa shape index (κ1) is 25.1. The Morgan fingerprint density at radius 1 is 0.690 bits per heavy atom. The van der Waals surface area contributed by atoms with Crippen molar-refractivity contribution in [1.82, 2.24) is 0 Å². The van der Waals surface area contributed by atoms with Crippen molar-refractivity contribution in [2.24, 2.45) is 0 Å². The average Bonchev–Trinajstić information content (AvgIpc) is 2.69. The topological polar surface area (TPSA) is 87.0 Å². The molecule has 0 atom stereocenters. The van der Waals surface area contributed by atoms with E-state index in [1.807, 2.05) is 0 Å². The summed E-state index contributed by atoms with van der Waals surface area (Å²) in [5.74, 6) is -2.01. The Hall–Kier alpha value is -1.91. The number of phenols is 3. The Bertz CT molecular complexity index is 547. The molecule has 1 aromatic carbocycles. The van der Waals surface area contributed by atoms with E-state index in [0.29, 0.717) is 6.42 Å². The van der Waals surface area contributed by atoms with Crippen LogP contribution in [0.1, 0.15) is 110 Å². The van der Waals surface area contributed by atoms with Crippen LogP contribution in [0.15, 0.2) is 12.1 Å². The summed E-state index contributed by atoms with van der Waals surface area (Å²) in [5.41, 5.74) is 0. The molecule has 0 saturated heterocycles. The van der Waals surface area contributed by atoms with E-state index in [-0.39, 0.29) is 5.75 Å². The van der Waals surface area contributed by atoms with Crippen molar-refractivity contribution in [1.29, 1.82) is 0 Å². The van der Waals surface area contributed by atoms with Crippen molar-refractivity contribution in [3.05, 3.63) is 12.1 Å². The first-order valence-corrected chi connectivity index (χ1v) is 11.5. The third-order valence-electron chi connectivity index (χ3n) is 5.26. The standard InChI is InChI=1S/C24H40O5/c1-2-3-4-5-6-7-8-9-10-11-12-13-14-15-16-17-23(27)29-20-18-21(25)24(28)22(26)19-20/h18-19,25-26,28H,2-17H2,1H3. The Morgan fingerprint density at radius 2 is 1.07 bits per heavy atom. The first-order chi connectivity index (χ1) is 14.0. The minimum atomic E-state index is -0.618. The lowest BCUT2D eigenvalue weighted by molar-refractivity contribution is -0.134. The van der Waals surface area contributed by atoms with E-state index in [4.69, 9.17) is 4.74 Å². The summed E-state index contributed by atoms with van der Waals surface area (Å²) in [6.07, 6.45) is 19.4. The van der Waals surface area contributed by atoms with Crippen LogP contribution in [0.5, 0.6) is 23.0 Å². The zero-order valence-corrected chi connectivity index (χ0v) is 18.1. The van der Waals surface area contributed by atoms with Crippen LogP contribution in [-0.2, 0) is 4.79 Å². The van der Waals surface area contributed by atoms with Crippen molar-refractivity contribution in [3.63, 3.8) is 0 Å². The van der Waals surface area contributed by atoms with Gasteiger partial charge in [0.05, 0.1) is 0 Å². The minimum Gasteiger partial charge on any atom is -0.504 e. The molecule has 1 rings (SSSR count). The number of esters is 1. The van der Waals surface area contributed by atoms with Crippen molar-refractivity contribution in [2.75, 3.05) is 0 Å². The lowest BCUT2D eigenvalue weighted by Gasteiger charge is -2.07. The molecule has 1 aromatic rings. The van der Waals surface area contributed by atoms with E-state index < -0.39 is 23.2 Å². The lowest BCUT2D eigenvalue weighted by Crippen LogP contribution is -2.07. The Kier molecular flexibility index (Phi) is 13.8. The SMILES string of the molecule is CCCCCCCCCCCCCCCCCC(=O)Oc1cc(O)c(O)c(O)c1. The van der Waals surface area contributed by atoms with Crippen molar-refractivity contribution in [2.45, 2.75) is 110 Å². The normalized spacial score (nSPS) is 10.9. The molecule has 0 amide bonds. The molecule has 0 aliphatic carbocycles. The molecule has 0 aromatic heterocycles. The van der Waals surface area contributed by atoms with Gasteiger partial charge in [-0.25, -0.2) is 0 Å². The molecule has 5 nitrogen and oxygen atoms in total. The Balaban J connectivity index is 1.91. The number of phenolic OH excluding ortho intramolecular Hbond substituents is 3. The number of benzene rings is 1. The van der Waals surface area contributed by atoms with E-state index in [1.54, 1.807) is 0 Å². The highest BCUT2D eigenvalue weighted by molar-refractivity contribution is 5.73. The number of unbranched alkanes of at least 4 members (excludes halogenated alkanes) is 14. The van der Waals surface area contributed by atoms with Gasteiger partial charge in [0.25, 0.3) is 0 Å². The molecule has 0 spiro atoms. The Labute approximate surface area is 176 Å². The molecule has 0 unspecified atom stereocenters. The number of carbonyl (C=O) groups excluding carboxylic acids is 1. The highest BCUT2D eigenvalue weighted by Crippen LogP contribution is 2.38. The number of hydrogen-bond acceptors (Lipinski definition) is 5. The molecule has 0 bridgehead atoms. The second-order valence-corrected chi connectivity index (χ2v) is 7.98. The van der Waals surface area contributed by atoms with Crippen molar-refractivity contribution >= 4 is 5.97 Å². The van der Waals surface area contributed by atoms with Crippen molar-refractivity contribution in [3.8, 4) is 23.0 Å². The summed E-state index contributed by atoms with van der Waals surface area (Å²) in [6, 6.07) is 2.22. The maximum atomic E-state index is 11.8. The molecule has 0 radical (unpaired) electrons. The van der Waals surface area contributed by atoms with Crippen LogP contribution < -0.4 is 4.74 Å². The number of aromatic hydroxyl groups is 3. The van der Waals surface area contributed by atoms with Crippen LogP contribution in [0.25, 0.3) is 0 Å². The highest BCUT2D eigenvalue weighted by atomic mass is 16.5. The van der Waals surface area contributed by atoms with E-state index >= 15 is 0 Å². The van der Waals surface area contributed by atoms with Gasteiger partial charge in [-0.15, -0.1) is 0 Å². The van der Waals surface area contributed by atoms with Gasteiger partial charge in [-0.05, 0) is 6.42 Å². The van der Waals surface area contributed by atoms with Crippen LogP contribution in [0.3, 0.4) is 0 Å². The fourth-order valence-corrected chi connectivity index (χ4v) is 3.46. The van der Waals surface area contributed by atoms with Crippen LogP contribution in [0.4, 0.5) is 0 Å². The van der Waals surface area contributed by atoms with Gasteiger partial charge in [0, 0.05) is 18.6 Å². The van der Waals surface area contributed by atoms with Crippen LogP contribution in [0.2, 0.25) is 0 Å². The third-order valence-corrected chi connectivity index (χ3v) is 5.26. The first-order valence-electron chi connectivity index (χ1n) is 11.5.